The molecule has 1 aromatic rings. The second-order valence-electron chi connectivity index (χ2n) is 11.5. The van der Waals surface area contributed by atoms with Crippen LogP contribution in [0.5, 0.6) is 0 Å². The molecule has 3 N–H and O–H groups in total. The fourth-order valence-electron chi connectivity index (χ4n) is 7.26. The Kier molecular flexibility index (Phi) is 8.26. The Morgan fingerprint density at radius 1 is 1.27 bits per heavy atom. The third-order valence-corrected chi connectivity index (χ3v) is 9.46. The van der Waals surface area contributed by atoms with Gasteiger partial charge in [-0.25, -0.2) is 4.79 Å². The van der Waals surface area contributed by atoms with Crippen LogP contribution in [0.2, 0.25) is 0 Å². The van der Waals surface area contributed by atoms with Crippen LogP contribution in [0.25, 0.3) is 0 Å². The molecule has 0 saturated heterocycles. The number of rotatable bonds is 9. The zero-order valence-electron chi connectivity index (χ0n) is 22.2. The number of aliphatic hydroxyl groups is 2. The van der Waals surface area contributed by atoms with Crippen LogP contribution >= 0.6 is 0 Å². The van der Waals surface area contributed by atoms with Gasteiger partial charge in [-0.3, -0.25) is 10.1 Å². The van der Waals surface area contributed by atoms with E-state index < -0.39 is 23.6 Å². The quantitative estimate of drug-likeness (QED) is 0.345. The first-order valence-corrected chi connectivity index (χ1v) is 13.4. The smallest absolute Gasteiger partial charge is 0.335 e. The van der Waals surface area contributed by atoms with Crippen molar-refractivity contribution >= 4 is 11.9 Å². The van der Waals surface area contributed by atoms with E-state index in [1.54, 1.807) is 6.08 Å². The number of aliphatic hydroxyl groups excluding tert-OH is 2. The molecular formula is C30H41NO6. The lowest BCUT2D eigenvalue weighted by Gasteiger charge is -2.60. The molecule has 1 heterocycles. The first-order valence-electron chi connectivity index (χ1n) is 13.4. The van der Waals surface area contributed by atoms with E-state index in [4.69, 9.17) is 9.47 Å². The van der Waals surface area contributed by atoms with E-state index in [1.807, 2.05) is 37.3 Å². The van der Waals surface area contributed by atoms with Gasteiger partial charge in [0.25, 0.3) is 0 Å². The molecule has 4 rings (SSSR count). The third kappa shape index (κ3) is 5.27. The van der Waals surface area contributed by atoms with Gasteiger partial charge in [0, 0.05) is 11.5 Å². The normalized spacial score (nSPS) is 33.2. The molecule has 2 aliphatic carbocycles. The zero-order valence-corrected chi connectivity index (χ0v) is 22.2. The fraction of sp³-hybridized carbons (Fsp3) is 0.600. The van der Waals surface area contributed by atoms with Crippen LogP contribution < -0.4 is 5.32 Å². The van der Waals surface area contributed by atoms with Crippen LogP contribution in [0, 0.1) is 22.7 Å². The maximum atomic E-state index is 12.9. The third-order valence-electron chi connectivity index (χ3n) is 9.46. The monoisotopic (exact) mass is 511 g/mol. The van der Waals surface area contributed by atoms with E-state index in [2.05, 4.69) is 18.8 Å². The number of nitrogens with one attached hydrogen (secondary N) is 1. The number of hydrogen-bond acceptors (Lipinski definition) is 7. The summed E-state index contributed by atoms with van der Waals surface area (Å²) < 4.78 is 10.4. The van der Waals surface area contributed by atoms with Crippen LogP contribution in [-0.4, -0.2) is 60.7 Å². The first kappa shape index (κ1) is 27.6. The zero-order chi connectivity index (χ0) is 26.8. The van der Waals surface area contributed by atoms with Crippen molar-refractivity contribution in [2.45, 2.75) is 70.6 Å². The molecule has 3 aliphatic rings. The number of allylic oxidation sites excluding steroid dienone is 1. The van der Waals surface area contributed by atoms with Crippen LogP contribution in [0.4, 0.5) is 0 Å². The molecule has 0 bridgehead atoms. The van der Waals surface area contributed by atoms with E-state index >= 15 is 0 Å². The highest BCUT2D eigenvalue weighted by atomic mass is 16.5. The number of fused-ring (bicyclic) bond motifs is 1. The lowest BCUT2D eigenvalue weighted by molar-refractivity contribution is -0.153. The average Bonchev–Trinajstić information content (AvgIpc) is 3.33. The summed E-state index contributed by atoms with van der Waals surface area (Å²) in [5.74, 6) is -0.620. The number of cyclic esters (lactones) is 1. The second kappa shape index (κ2) is 11.1. The van der Waals surface area contributed by atoms with Gasteiger partial charge in [0.1, 0.15) is 12.6 Å². The Balaban J connectivity index is 1.66. The summed E-state index contributed by atoms with van der Waals surface area (Å²) in [5, 5.41) is 24.7. The standard InChI is InChI=1S/C30H41NO6/c1-19-10-11-25-29(2,14-12-26(33)30(25,3)18-32)22(19)17-23(21-13-15-37-27(21)34)31-24(28(35)36-4)16-20-8-6-5-7-9-20/h5-9,13,22-26,31-33H,1,10-12,14-18H2,2-4H3/t22-,23?,24?,25?,26?,29+,30-/m0/s1. The van der Waals surface area contributed by atoms with Crippen molar-refractivity contribution in [2.24, 2.45) is 22.7 Å². The summed E-state index contributed by atoms with van der Waals surface area (Å²) in [4.78, 5) is 25.6. The van der Waals surface area contributed by atoms with Crippen LogP contribution in [-0.2, 0) is 25.5 Å². The maximum Gasteiger partial charge on any atom is 0.335 e. The van der Waals surface area contributed by atoms with Crippen LogP contribution in [0.1, 0.15) is 51.5 Å². The summed E-state index contributed by atoms with van der Waals surface area (Å²) in [6.07, 6.45) is 5.30. The Bertz CT molecular complexity index is 1040. The number of esters is 2. The summed E-state index contributed by atoms with van der Waals surface area (Å²) >= 11 is 0. The lowest BCUT2D eigenvalue weighted by atomic mass is 9.46. The van der Waals surface area contributed by atoms with Crippen molar-refractivity contribution in [2.75, 3.05) is 20.3 Å². The van der Waals surface area contributed by atoms with Crippen molar-refractivity contribution in [3.05, 3.63) is 59.7 Å². The minimum absolute atomic E-state index is 0.0337. The Hall–Kier alpha value is -2.48. The highest BCUT2D eigenvalue weighted by Crippen LogP contribution is 2.61. The Morgan fingerprint density at radius 2 is 2.00 bits per heavy atom. The summed E-state index contributed by atoms with van der Waals surface area (Å²) in [5.41, 5.74) is 1.83. The van der Waals surface area contributed by atoms with Crippen molar-refractivity contribution in [3.8, 4) is 0 Å². The fourth-order valence-corrected chi connectivity index (χ4v) is 7.26. The molecule has 7 atom stereocenters. The van der Waals surface area contributed by atoms with E-state index in [1.165, 1.54) is 7.11 Å². The van der Waals surface area contributed by atoms with Gasteiger partial charge < -0.3 is 19.7 Å². The van der Waals surface area contributed by atoms with Crippen LogP contribution in [0.15, 0.2) is 54.1 Å². The first-order chi connectivity index (χ1) is 17.6. The van der Waals surface area contributed by atoms with Gasteiger partial charge >= 0.3 is 11.9 Å². The minimum atomic E-state index is -0.650. The molecule has 37 heavy (non-hydrogen) atoms. The van der Waals surface area contributed by atoms with Crippen molar-refractivity contribution in [1.82, 2.24) is 5.32 Å². The van der Waals surface area contributed by atoms with Gasteiger partial charge in [-0.15, -0.1) is 0 Å². The number of ether oxygens (including phenoxy) is 2. The molecule has 4 unspecified atom stereocenters. The molecule has 7 nitrogen and oxygen atoms in total. The number of benzene rings is 1. The topological polar surface area (TPSA) is 105 Å². The van der Waals surface area contributed by atoms with Crippen molar-refractivity contribution < 1.29 is 29.3 Å². The van der Waals surface area contributed by atoms with Gasteiger partial charge in [0.15, 0.2) is 0 Å². The predicted octanol–water partition coefficient (Wildman–Crippen LogP) is 3.34. The van der Waals surface area contributed by atoms with Gasteiger partial charge in [0.05, 0.1) is 25.4 Å². The highest BCUT2D eigenvalue weighted by Gasteiger charge is 2.58. The van der Waals surface area contributed by atoms with Gasteiger partial charge in [-0.05, 0) is 67.4 Å². The number of carbonyl (C=O) groups excluding carboxylic acids is 2. The summed E-state index contributed by atoms with van der Waals surface area (Å²) in [6, 6.07) is 8.64. The van der Waals surface area contributed by atoms with E-state index in [9.17, 15) is 19.8 Å². The molecule has 1 aliphatic heterocycles. The Labute approximate surface area is 219 Å². The van der Waals surface area contributed by atoms with E-state index in [0.717, 1.165) is 30.4 Å². The molecular weight excluding hydrogens is 470 g/mol. The summed E-state index contributed by atoms with van der Waals surface area (Å²) in [6.45, 7) is 8.82. The van der Waals surface area contributed by atoms with Crippen LogP contribution in [0.3, 0.4) is 0 Å². The number of methoxy groups -OCH3 is 1. The number of carbonyl (C=O) groups is 2. The second-order valence-corrected chi connectivity index (χ2v) is 11.5. The maximum absolute atomic E-state index is 12.9. The molecule has 202 valence electrons. The molecule has 1 aromatic carbocycles. The largest absolute Gasteiger partial charge is 0.468 e. The molecule has 2 fully saturated rings. The van der Waals surface area contributed by atoms with Crippen molar-refractivity contribution in [1.29, 1.82) is 0 Å². The summed E-state index contributed by atoms with van der Waals surface area (Å²) in [7, 11) is 1.37. The Morgan fingerprint density at radius 3 is 2.62 bits per heavy atom. The molecule has 0 aromatic heterocycles. The molecule has 0 amide bonds. The van der Waals surface area contributed by atoms with Gasteiger partial charge in [-0.2, -0.15) is 0 Å². The molecule has 7 heteroatoms. The average molecular weight is 512 g/mol. The minimum Gasteiger partial charge on any atom is -0.468 e. The van der Waals surface area contributed by atoms with Gasteiger partial charge in [-0.1, -0.05) is 56.3 Å². The highest BCUT2D eigenvalue weighted by molar-refractivity contribution is 5.92. The predicted molar refractivity (Wildman–Crippen MR) is 140 cm³/mol. The van der Waals surface area contributed by atoms with E-state index in [0.29, 0.717) is 24.8 Å². The molecule has 2 saturated carbocycles. The SMILES string of the molecule is C=C1CCC2[C@](C)(CO)C(O)CC[C@]2(C)[C@H]1CC(NC(Cc1ccccc1)C(=O)OC)C1=CCOC1=O. The number of hydrogen-bond donors (Lipinski definition) is 3. The lowest BCUT2D eigenvalue weighted by Crippen LogP contribution is -2.58. The van der Waals surface area contributed by atoms with E-state index in [-0.39, 0.29) is 42.4 Å². The van der Waals surface area contributed by atoms with Gasteiger partial charge in [0.2, 0.25) is 0 Å². The van der Waals surface area contributed by atoms with Crippen molar-refractivity contribution in [3.63, 3.8) is 0 Å². The molecule has 0 radical (unpaired) electrons. The molecule has 0 spiro atoms.